The van der Waals surface area contributed by atoms with Gasteiger partial charge in [0.2, 0.25) is 0 Å². The maximum Gasteiger partial charge on any atom is 0.00697 e. The summed E-state index contributed by atoms with van der Waals surface area (Å²) in [6.07, 6.45) is 11.3. The number of aryl methyl sites for hydroxylation is 1. The molecule has 1 N–H and O–H groups in total. The highest BCUT2D eigenvalue weighted by Gasteiger charge is 2.19. The number of nitrogens with one attached hydrogen (secondary N) is 1. The highest BCUT2D eigenvalue weighted by Crippen LogP contribution is 2.29. The van der Waals surface area contributed by atoms with Gasteiger partial charge in [0.25, 0.3) is 0 Å². The van der Waals surface area contributed by atoms with Crippen molar-refractivity contribution in [1.29, 1.82) is 0 Å². The minimum atomic E-state index is 0.762. The molecule has 1 aliphatic carbocycles. The first kappa shape index (κ1) is 14.1. The lowest BCUT2D eigenvalue weighted by atomic mass is 9.95. The Morgan fingerprint density at radius 2 is 2.22 bits per heavy atom. The first-order valence-electron chi connectivity index (χ1n) is 7.64. The molecule has 0 radical (unpaired) electrons. The zero-order valence-corrected chi connectivity index (χ0v) is 12.5. The smallest absolute Gasteiger partial charge is 0.00697 e. The predicted octanol–water partition coefficient (Wildman–Crippen LogP) is 4.63. The summed E-state index contributed by atoms with van der Waals surface area (Å²) >= 11 is 1.90. The largest absolute Gasteiger partial charge is 0.314 e. The molecule has 1 aromatic rings. The summed E-state index contributed by atoms with van der Waals surface area (Å²) in [5.41, 5.74) is 0. The molecule has 102 valence electrons. The van der Waals surface area contributed by atoms with Crippen LogP contribution < -0.4 is 5.32 Å². The fourth-order valence-corrected chi connectivity index (χ4v) is 3.97. The summed E-state index contributed by atoms with van der Waals surface area (Å²) in [5, 5.41) is 5.88. The van der Waals surface area contributed by atoms with Crippen LogP contribution in [0.1, 0.15) is 56.7 Å². The Morgan fingerprint density at radius 1 is 1.39 bits per heavy atom. The Bertz CT molecular complexity index is 301. The van der Waals surface area contributed by atoms with Gasteiger partial charge in [0.05, 0.1) is 0 Å². The lowest BCUT2D eigenvalue weighted by Gasteiger charge is -2.21. The van der Waals surface area contributed by atoms with Crippen molar-refractivity contribution in [3.8, 4) is 0 Å². The molecule has 1 atom stereocenters. The second kappa shape index (κ2) is 7.96. The van der Waals surface area contributed by atoms with Crippen LogP contribution in [0.5, 0.6) is 0 Å². The fraction of sp³-hybridized carbons (Fsp3) is 0.750. The van der Waals surface area contributed by atoms with E-state index >= 15 is 0 Å². The molecule has 1 heterocycles. The topological polar surface area (TPSA) is 12.0 Å². The van der Waals surface area contributed by atoms with Crippen molar-refractivity contribution in [2.75, 3.05) is 6.54 Å². The molecule has 1 nitrogen and oxygen atoms in total. The Hall–Kier alpha value is -0.340. The van der Waals surface area contributed by atoms with E-state index in [0.717, 1.165) is 18.5 Å². The molecule has 0 saturated heterocycles. The lowest BCUT2D eigenvalue weighted by Crippen LogP contribution is -2.30. The molecule has 0 amide bonds. The van der Waals surface area contributed by atoms with Crippen molar-refractivity contribution in [3.63, 3.8) is 0 Å². The molecule has 2 rings (SSSR count). The summed E-state index contributed by atoms with van der Waals surface area (Å²) in [4.78, 5) is 1.55. The van der Waals surface area contributed by atoms with Gasteiger partial charge in [-0.3, -0.25) is 0 Å². The summed E-state index contributed by atoms with van der Waals surface area (Å²) in [5.74, 6) is 1.01. The molecule has 1 unspecified atom stereocenters. The molecule has 1 aromatic heterocycles. The van der Waals surface area contributed by atoms with E-state index in [1.807, 2.05) is 11.3 Å². The van der Waals surface area contributed by atoms with Gasteiger partial charge in [0.1, 0.15) is 0 Å². The first-order valence-corrected chi connectivity index (χ1v) is 8.52. The highest BCUT2D eigenvalue weighted by atomic mass is 32.1. The molecule has 0 spiro atoms. The minimum Gasteiger partial charge on any atom is -0.314 e. The van der Waals surface area contributed by atoms with E-state index in [4.69, 9.17) is 0 Å². The molecule has 1 aliphatic rings. The van der Waals surface area contributed by atoms with Crippen LogP contribution in [0.2, 0.25) is 0 Å². The van der Waals surface area contributed by atoms with Crippen molar-refractivity contribution < 1.29 is 0 Å². The third-order valence-electron chi connectivity index (χ3n) is 4.14. The first-order chi connectivity index (χ1) is 8.88. The normalized spacial score (nSPS) is 18.3. The van der Waals surface area contributed by atoms with E-state index < -0.39 is 0 Å². The molecular weight excluding hydrogens is 238 g/mol. The number of hydrogen-bond acceptors (Lipinski definition) is 2. The van der Waals surface area contributed by atoms with Crippen molar-refractivity contribution >= 4 is 11.3 Å². The number of hydrogen-bond donors (Lipinski definition) is 1. The van der Waals surface area contributed by atoms with Crippen LogP contribution in [0.15, 0.2) is 17.5 Å². The average Bonchev–Trinajstić information content (AvgIpc) is 3.02. The Balaban J connectivity index is 1.68. The van der Waals surface area contributed by atoms with Gasteiger partial charge in [0, 0.05) is 10.9 Å². The van der Waals surface area contributed by atoms with E-state index in [0.29, 0.717) is 0 Å². The molecular formula is C16H27NS. The van der Waals surface area contributed by atoms with Crippen LogP contribution in [-0.4, -0.2) is 12.6 Å². The average molecular weight is 265 g/mol. The molecule has 0 aliphatic heterocycles. The highest BCUT2D eigenvalue weighted by molar-refractivity contribution is 7.09. The van der Waals surface area contributed by atoms with Gasteiger partial charge in [0.15, 0.2) is 0 Å². The van der Waals surface area contributed by atoms with Gasteiger partial charge in [-0.1, -0.05) is 38.7 Å². The SMILES string of the molecule is CCNC(CCCc1cccs1)CC1CCCC1. The second-order valence-electron chi connectivity index (χ2n) is 5.61. The van der Waals surface area contributed by atoms with Gasteiger partial charge in [-0.2, -0.15) is 0 Å². The number of thiophene rings is 1. The Labute approximate surface area is 116 Å². The summed E-state index contributed by atoms with van der Waals surface area (Å²) in [6, 6.07) is 5.20. The van der Waals surface area contributed by atoms with Crippen molar-refractivity contribution in [1.82, 2.24) is 5.32 Å². The van der Waals surface area contributed by atoms with Gasteiger partial charge < -0.3 is 5.32 Å². The quantitative estimate of drug-likeness (QED) is 0.722. The van der Waals surface area contributed by atoms with Crippen molar-refractivity contribution in [2.24, 2.45) is 5.92 Å². The van der Waals surface area contributed by atoms with Gasteiger partial charge >= 0.3 is 0 Å². The Morgan fingerprint density at radius 3 is 2.89 bits per heavy atom. The molecule has 18 heavy (non-hydrogen) atoms. The van der Waals surface area contributed by atoms with E-state index in [-0.39, 0.29) is 0 Å². The van der Waals surface area contributed by atoms with Crippen LogP contribution in [-0.2, 0) is 6.42 Å². The molecule has 1 fully saturated rings. The van der Waals surface area contributed by atoms with Crippen LogP contribution in [0.4, 0.5) is 0 Å². The molecule has 1 saturated carbocycles. The van der Waals surface area contributed by atoms with Gasteiger partial charge in [-0.15, -0.1) is 11.3 Å². The van der Waals surface area contributed by atoms with E-state index in [2.05, 4.69) is 29.8 Å². The summed E-state index contributed by atoms with van der Waals surface area (Å²) < 4.78 is 0. The standard InChI is InChI=1S/C16H27NS/c1-2-17-15(13-14-7-3-4-8-14)9-5-10-16-11-6-12-18-16/h6,11-12,14-15,17H,2-5,7-10,13H2,1H3. The van der Waals surface area contributed by atoms with Crippen molar-refractivity contribution in [3.05, 3.63) is 22.4 Å². The fourth-order valence-electron chi connectivity index (χ4n) is 3.22. The maximum absolute atomic E-state index is 3.69. The second-order valence-corrected chi connectivity index (χ2v) is 6.64. The zero-order chi connectivity index (χ0) is 12.6. The van der Waals surface area contributed by atoms with E-state index in [1.54, 1.807) is 4.88 Å². The minimum absolute atomic E-state index is 0.762. The van der Waals surface area contributed by atoms with Gasteiger partial charge in [-0.05, 0) is 49.6 Å². The van der Waals surface area contributed by atoms with E-state index in [1.165, 1.54) is 51.4 Å². The molecule has 0 aromatic carbocycles. The van der Waals surface area contributed by atoms with Crippen LogP contribution in [0.3, 0.4) is 0 Å². The lowest BCUT2D eigenvalue weighted by molar-refractivity contribution is 0.370. The Kier molecular flexibility index (Phi) is 6.22. The number of rotatable bonds is 8. The van der Waals surface area contributed by atoms with Crippen LogP contribution in [0.25, 0.3) is 0 Å². The van der Waals surface area contributed by atoms with Crippen molar-refractivity contribution in [2.45, 2.75) is 64.3 Å². The van der Waals surface area contributed by atoms with E-state index in [9.17, 15) is 0 Å². The predicted molar refractivity (Wildman–Crippen MR) is 81.3 cm³/mol. The molecule has 2 heteroatoms. The molecule has 0 bridgehead atoms. The zero-order valence-electron chi connectivity index (χ0n) is 11.7. The third-order valence-corrected chi connectivity index (χ3v) is 5.08. The summed E-state index contributed by atoms with van der Waals surface area (Å²) in [7, 11) is 0. The monoisotopic (exact) mass is 265 g/mol. The van der Waals surface area contributed by atoms with Gasteiger partial charge in [-0.25, -0.2) is 0 Å². The van der Waals surface area contributed by atoms with Crippen LogP contribution >= 0.6 is 11.3 Å². The third kappa shape index (κ3) is 4.74. The van der Waals surface area contributed by atoms with Crippen LogP contribution in [0, 0.1) is 5.92 Å². The summed E-state index contributed by atoms with van der Waals surface area (Å²) in [6.45, 7) is 3.36. The maximum atomic E-state index is 3.69.